The second-order valence-corrected chi connectivity index (χ2v) is 9.48. The van der Waals surface area contributed by atoms with Crippen molar-refractivity contribution in [3.05, 3.63) is 29.8 Å². The summed E-state index contributed by atoms with van der Waals surface area (Å²) in [5.41, 5.74) is 6.57. The zero-order valence-corrected chi connectivity index (χ0v) is 21.2. The molecule has 0 aliphatic carbocycles. The third kappa shape index (κ3) is 9.82. The number of nitrogens with two attached hydrogens (primary N) is 1. The van der Waals surface area contributed by atoms with Crippen molar-refractivity contribution in [1.82, 2.24) is 16.0 Å². The fourth-order valence-electron chi connectivity index (χ4n) is 2.88. The fourth-order valence-corrected chi connectivity index (χ4v) is 3.61. The van der Waals surface area contributed by atoms with Crippen LogP contribution in [0.1, 0.15) is 25.8 Å². The van der Waals surface area contributed by atoms with Gasteiger partial charge in [-0.1, -0.05) is 26.0 Å². The molecule has 10 nitrogen and oxygen atoms in total. The Morgan fingerprint density at radius 1 is 0.971 bits per heavy atom. The van der Waals surface area contributed by atoms with E-state index in [0.29, 0.717) is 11.3 Å². The van der Waals surface area contributed by atoms with Gasteiger partial charge in [0.2, 0.25) is 17.7 Å². The molecule has 1 aromatic carbocycles. The van der Waals surface area contributed by atoms with Crippen molar-refractivity contribution in [2.24, 2.45) is 11.7 Å². The molecule has 34 heavy (non-hydrogen) atoms. The quantitative estimate of drug-likeness (QED) is 0.172. The first-order valence-corrected chi connectivity index (χ1v) is 12.8. The minimum absolute atomic E-state index is 0.0527. The Labute approximate surface area is 209 Å². The molecular weight excluding hydrogens is 480 g/mol. The average molecular weight is 515 g/mol. The van der Waals surface area contributed by atoms with E-state index >= 15 is 0 Å². The molecule has 7 N–H and O–H groups in total. The first-order valence-electron chi connectivity index (χ1n) is 10.8. The maximum absolute atomic E-state index is 13.1. The number of carbonyl (C=O) groups excluding carboxylic acids is 3. The molecule has 4 unspecified atom stereocenters. The summed E-state index contributed by atoms with van der Waals surface area (Å²) in [6.07, 6.45) is 2.13. The average Bonchev–Trinajstić information content (AvgIpc) is 2.79. The SMILES string of the molecule is CSCCC(NC(=O)C(CS)NC(=O)C(Cc1ccc(O)cc1)NC(=O)C(N)C(C)C)C(=O)O. The molecular formula is C22H34N4O6S2. The van der Waals surface area contributed by atoms with Crippen LogP contribution < -0.4 is 21.7 Å². The van der Waals surface area contributed by atoms with Crippen LogP contribution in [0.15, 0.2) is 24.3 Å². The maximum atomic E-state index is 13.1. The monoisotopic (exact) mass is 514 g/mol. The summed E-state index contributed by atoms with van der Waals surface area (Å²) in [4.78, 5) is 49.7. The smallest absolute Gasteiger partial charge is 0.326 e. The van der Waals surface area contributed by atoms with E-state index in [1.165, 1.54) is 23.9 Å². The molecule has 3 amide bonds. The number of amides is 3. The number of hydrogen-bond donors (Lipinski definition) is 7. The van der Waals surface area contributed by atoms with E-state index in [2.05, 4.69) is 28.6 Å². The zero-order valence-electron chi connectivity index (χ0n) is 19.5. The van der Waals surface area contributed by atoms with Crippen LogP contribution in [0.2, 0.25) is 0 Å². The largest absolute Gasteiger partial charge is 0.508 e. The van der Waals surface area contributed by atoms with Crippen LogP contribution in [-0.2, 0) is 25.6 Å². The molecule has 12 heteroatoms. The number of thioether (sulfide) groups is 1. The summed E-state index contributed by atoms with van der Waals surface area (Å²) in [5, 5.41) is 26.4. The standard InChI is InChI=1S/C22H34N4O6S2/c1-12(2)18(23)21(30)25-16(10-13-4-6-14(27)7-5-13)19(28)26-17(11-33)20(29)24-15(22(31)32)8-9-34-3/h4-7,12,15-18,27,33H,8-11,23H2,1-3H3,(H,24,29)(H,25,30)(H,26,28)(H,31,32). The summed E-state index contributed by atoms with van der Waals surface area (Å²) in [7, 11) is 0. The Bertz CT molecular complexity index is 837. The number of thiol groups is 1. The van der Waals surface area contributed by atoms with Crippen LogP contribution in [0.4, 0.5) is 0 Å². The van der Waals surface area contributed by atoms with Gasteiger partial charge >= 0.3 is 5.97 Å². The van der Waals surface area contributed by atoms with Gasteiger partial charge in [0.15, 0.2) is 0 Å². The number of aromatic hydroxyl groups is 1. The van der Waals surface area contributed by atoms with Crippen LogP contribution in [0.5, 0.6) is 5.75 Å². The van der Waals surface area contributed by atoms with Crippen molar-refractivity contribution in [3.8, 4) is 5.75 Å². The lowest BCUT2D eigenvalue weighted by Crippen LogP contribution is -2.58. The van der Waals surface area contributed by atoms with Gasteiger partial charge in [-0.2, -0.15) is 24.4 Å². The first kappa shape index (κ1) is 29.6. The summed E-state index contributed by atoms with van der Waals surface area (Å²) < 4.78 is 0. The Balaban J connectivity index is 2.99. The van der Waals surface area contributed by atoms with Gasteiger partial charge in [-0.3, -0.25) is 14.4 Å². The lowest BCUT2D eigenvalue weighted by Gasteiger charge is -2.25. The third-order valence-corrected chi connectivity index (χ3v) is 6.08. The summed E-state index contributed by atoms with van der Waals surface area (Å²) in [6, 6.07) is 2.00. The molecule has 0 aliphatic rings. The number of phenolic OH excluding ortho intramolecular Hbond substituents is 1. The molecule has 0 aliphatic heterocycles. The number of benzene rings is 1. The molecule has 0 fully saturated rings. The highest BCUT2D eigenvalue weighted by molar-refractivity contribution is 7.98. The fraction of sp³-hybridized carbons (Fsp3) is 0.545. The van der Waals surface area contributed by atoms with Crippen molar-refractivity contribution < 1.29 is 29.4 Å². The summed E-state index contributed by atoms with van der Waals surface area (Å²) in [6.45, 7) is 3.55. The van der Waals surface area contributed by atoms with E-state index in [-0.39, 0.29) is 30.3 Å². The molecule has 0 radical (unpaired) electrons. The maximum Gasteiger partial charge on any atom is 0.326 e. The van der Waals surface area contributed by atoms with Gasteiger partial charge in [0.1, 0.15) is 23.9 Å². The minimum atomic E-state index is -1.17. The second-order valence-electron chi connectivity index (χ2n) is 8.13. The zero-order chi connectivity index (χ0) is 25.8. The van der Waals surface area contributed by atoms with Crippen LogP contribution in [-0.4, -0.2) is 75.8 Å². The van der Waals surface area contributed by atoms with E-state index in [4.69, 9.17) is 5.73 Å². The van der Waals surface area contributed by atoms with Gasteiger partial charge in [-0.25, -0.2) is 4.79 Å². The molecule has 1 rings (SSSR count). The van der Waals surface area contributed by atoms with Crippen LogP contribution >= 0.6 is 24.4 Å². The Hall–Kier alpha value is -2.44. The number of aliphatic carboxylic acids is 1. The predicted molar refractivity (Wildman–Crippen MR) is 135 cm³/mol. The van der Waals surface area contributed by atoms with Crippen molar-refractivity contribution in [2.75, 3.05) is 17.8 Å². The van der Waals surface area contributed by atoms with Crippen LogP contribution in [0.3, 0.4) is 0 Å². The van der Waals surface area contributed by atoms with E-state index in [9.17, 15) is 29.4 Å². The molecule has 0 aromatic heterocycles. The Morgan fingerprint density at radius 3 is 2.00 bits per heavy atom. The van der Waals surface area contributed by atoms with Gasteiger partial charge in [-0.05, 0) is 42.0 Å². The number of hydrogen-bond acceptors (Lipinski definition) is 8. The molecule has 0 bridgehead atoms. The molecule has 190 valence electrons. The molecule has 4 atom stereocenters. The normalized spacial score (nSPS) is 14.5. The lowest BCUT2D eigenvalue weighted by molar-refractivity contribution is -0.142. The van der Waals surface area contributed by atoms with E-state index in [1.54, 1.807) is 26.0 Å². The number of rotatable bonds is 14. The van der Waals surface area contributed by atoms with Gasteiger partial charge in [0.05, 0.1) is 6.04 Å². The second kappa shape index (κ2) is 14.7. The highest BCUT2D eigenvalue weighted by Crippen LogP contribution is 2.12. The summed E-state index contributed by atoms with van der Waals surface area (Å²) in [5.74, 6) is -2.70. The molecule has 0 saturated heterocycles. The van der Waals surface area contributed by atoms with Gasteiger partial charge in [0.25, 0.3) is 0 Å². The Morgan fingerprint density at radius 2 is 1.50 bits per heavy atom. The molecule has 0 saturated carbocycles. The Kier molecular flexibility index (Phi) is 12.8. The van der Waals surface area contributed by atoms with Crippen molar-refractivity contribution in [1.29, 1.82) is 0 Å². The number of carboxylic acid groups (broad SMARTS) is 1. The van der Waals surface area contributed by atoms with Crippen molar-refractivity contribution >= 4 is 48.1 Å². The first-order chi connectivity index (χ1) is 16.0. The van der Waals surface area contributed by atoms with Crippen molar-refractivity contribution in [3.63, 3.8) is 0 Å². The minimum Gasteiger partial charge on any atom is -0.508 e. The van der Waals surface area contributed by atoms with Crippen LogP contribution in [0.25, 0.3) is 0 Å². The van der Waals surface area contributed by atoms with Gasteiger partial charge in [-0.15, -0.1) is 0 Å². The van der Waals surface area contributed by atoms with E-state index in [1.807, 2.05) is 6.26 Å². The lowest BCUT2D eigenvalue weighted by atomic mass is 10.0. The summed E-state index contributed by atoms with van der Waals surface area (Å²) >= 11 is 5.57. The number of carboxylic acids is 1. The third-order valence-electron chi connectivity index (χ3n) is 5.07. The molecule has 0 heterocycles. The number of carbonyl (C=O) groups is 4. The van der Waals surface area contributed by atoms with E-state index in [0.717, 1.165) is 0 Å². The van der Waals surface area contributed by atoms with Gasteiger partial charge < -0.3 is 31.9 Å². The topological polar surface area (TPSA) is 171 Å². The molecule has 1 aromatic rings. The van der Waals surface area contributed by atoms with Crippen LogP contribution in [0, 0.1) is 5.92 Å². The van der Waals surface area contributed by atoms with Crippen molar-refractivity contribution in [2.45, 2.75) is 50.9 Å². The molecule has 0 spiro atoms. The van der Waals surface area contributed by atoms with E-state index < -0.39 is 47.9 Å². The highest BCUT2D eigenvalue weighted by atomic mass is 32.2. The van der Waals surface area contributed by atoms with Gasteiger partial charge in [0, 0.05) is 12.2 Å². The predicted octanol–water partition coefficient (Wildman–Crippen LogP) is 0.140. The number of phenols is 1. The highest BCUT2D eigenvalue weighted by Gasteiger charge is 2.30. The number of nitrogens with one attached hydrogen (secondary N) is 3.